The zero-order valence-corrected chi connectivity index (χ0v) is 23.1. The topological polar surface area (TPSA) is 222 Å². The lowest BCUT2D eigenvalue weighted by molar-refractivity contribution is 0.312. The van der Waals surface area contributed by atoms with Crippen LogP contribution in [0.25, 0.3) is 0 Å². The van der Waals surface area contributed by atoms with Crippen molar-refractivity contribution in [2.24, 2.45) is 21.5 Å². The van der Waals surface area contributed by atoms with Gasteiger partial charge in [-0.1, -0.05) is 23.2 Å². The first-order chi connectivity index (χ1) is 18.9. The van der Waals surface area contributed by atoms with Crippen molar-refractivity contribution in [3.8, 4) is 34.5 Å². The second-order valence-electron chi connectivity index (χ2n) is 8.12. The largest absolute Gasteiger partial charge is 0.491 e. The highest BCUT2D eigenvalue weighted by Crippen LogP contribution is 2.49. The van der Waals surface area contributed by atoms with Gasteiger partial charge in [0.25, 0.3) is 0 Å². The van der Waals surface area contributed by atoms with Crippen molar-refractivity contribution in [2.75, 3.05) is 26.3 Å². The average molecular weight is 633 g/mol. The molecule has 0 atom stereocenters. The van der Waals surface area contributed by atoms with Gasteiger partial charge in [0.2, 0.25) is 0 Å². The van der Waals surface area contributed by atoms with Crippen molar-refractivity contribution >= 4 is 54.8 Å². The maximum absolute atomic E-state index is 12.3. The van der Waals surface area contributed by atoms with Gasteiger partial charge >= 0.3 is 20.2 Å². The molecule has 40 heavy (non-hydrogen) atoms. The molecule has 14 nitrogen and oxygen atoms in total. The number of hydrogen-bond acceptors (Lipinski definition) is 12. The van der Waals surface area contributed by atoms with Crippen LogP contribution in [0.4, 0.5) is 11.4 Å². The van der Waals surface area contributed by atoms with E-state index in [2.05, 4.69) is 9.98 Å². The summed E-state index contributed by atoms with van der Waals surface area (Å²) in [6.07, 6.45) is 0. The molecular weight excluding hydrogens is 615 g/mol. The molecule has 2 heterocycles. The Morgan fingerprint density at radius 3 is 1.40 bits per heavy atom. The zero-order valence-electron chi connectivity index (χ0n) is 19.9. The van der Waals surface area contributed by atoms with E-state index in [1.54, 1.807) is 0 Å². The highest BCUT2D eigenvalue weighted by Gasteiger charge is 2.35. The third-order valence-electron chi connectivity index (χ3n) is 5.49. The van der Waals surface area contributed by atoms with Crippen LogP contribution < -0.4 is 41.1 Å². The van der Waals surface area contributed by atoms with E-state index in [1.807, 2.05) is 0 Å². The van der Waals surface area contributed by atoms with Crippen LogP contribution in [0.1, 0.15) is 0 Å². The van der Waals surface area contributed by atoms with Crippen molar-refractivity contribution in [2.45, 2.75) is 9.79 Å². The predicted molar refractivity (Wildman–Crippen MR) is 140 cm³/mol. The third-order valence-corrected chi connectivity index (χ3v) is 8.00. The van der Waals surface area contributed by atoms with E-state index in [0.717, 1.165) is 0 Å². The monoisotopic (exact) mass is 632 g/mol. The second-order valence-corrected chi connectivity index (χ2v) is 11.6. The van der Waals surface area contributed by atoms with Gasteiger partial charge in [0.1, 0.15) is 56.8 Å². The second kappa shape index (κ2) is 10.3. The zero-order chi connectivity index (χ0) is 29.0. The lowest BCUT2D eigenvalue weighted by Gasteiger charge is -2.23. The van der Waals surface area contributed by atoms with Crippen LogP contribution in [0.3, 0.4) is 0 Å². The van der Waals surface area contributed by atoms with E-state index in [1.165, 1.54) is 24.3 Å². The van der Waals surface area contributed by atoms with E-state index in [9.17, 15) is 25.9 Å². The number of hydrogen-bond donors (Lipinski definition) is 4. The normalized spacial score (nSPS) is 13.3. The standard InChI is InChI=1S/C22H18Cl2N4O10S2/c23-13-15-19(37-17-9(27-15)1-3-11(35-7-5-25)21(17)39(29,30)31)14(24)16-20(13)38-18-10(28-16)2-4-12(36-8-6-26)22(18)40(32,33)34/h1-4H,5-8,25-26H2,(H,29,30,31)(H,32,33,34). The third kappa shape index (κ3) is 4.82. The molecule has 212 valence electrons. The first kappa shape index (κ1) is 28.3. The molecule has 0 saturated carbocycles. The molecule has 2 aliphatic heterocycles. The molecule has 0 fully saturated rings. The maximum Gasteiger partial charge on any atom is 0.302 e. The Hall–Kier alpha value is -3.22. The Kier molecular flexibility index (Phi) is 7.30. The van der Waals surface area contributed by atoms with Gasteiger partial charge in [-0.05, 0) is 24.3 Å². The number of benzene rings is 3. The summed E-state index contributed by atoms with van der Waals surface area (Å²) in [6, 6.07) is 5.18. The molecular formula is C22H18Cl2N4O10S2. The van der Waals surface area contributed by atoms with Crippen LogP contribution >= 0.6 is 23.2 Å². The molecule has 0 saturated heterocycles. The number of nitrogens with two attached hydrogens (primary N) is 2. The molecule has 0 radical (unpaired) electrons. The van der Waals surface area contributed by atoms with Gasteiger partial charge in [-0.15, -0.1) is 0 Å². The summed E-state index contributed by atoms with van der Waals surface area (Å²) in [5.41, 5.74) is 10.7. The summed E-state index contributed by atoms with van der Waals surface area (Å²) in [5, 5.41) is -0.698. The minimum atomic E-state index is -4.89. The van der Waals surface area contributed by atoms with E-state index in [-0.39, 0.29) is 81.4 Å². The SMILES string of the molecule is NCCOc1ccc2c(c1S(=O)(=O)O)Oc1c(Cl)c3c(c(Cl)c1=N2)Oc1c(ccc(OCCN)c1S(=O)(=O)O)N=3. The number of rotatable bonds is 8. The highest BCUT2D eigenvalue weighted by atomic mass is 35.5. The summed E-state index contributed by atoms with van der Waals surface area (Å²) in [5.74, 6) is -1.72. The van der Waals surface area contributed by atoms with Crippen molar-refractivity contribution in [3.63, 3.8) is 0 Å². The molecule has 3 aromatic rings. The fraction of sp³-hybridized carbons (Fsp3) is 0.182. The number of nitrogens with zero attached hydrogens (tertiary/aromatic N) is 2. The maximum atomic E-state index is 12.3. The predicted octanol–water partition coefficient (Wildman–Crippen LogP) is 2.28. The molecule has 2 aliphatic rings. The van der Waals surface area contributed by atoms with Crippen molar-refractivity contribution in [3.05, 3.63) is 45.0 Å². The first-order valence-corrected chi connectivity index (χ1v) is 14.8. The molecule has 0 aromatic heterocycles. The smallest absolute Gasteiger partial charge is 0.302 e. The van der Waals surface area contributed by atoms with Gasteiger partial charge < -0.3 is 30.4 Å². The van der Waals surface area contributed by atoms with Crippen LogP contribution in [0.15, 0.2) is 44.0 Å². The minimum Gasteiger partial charge on any atom is -0.491 e. The molecule has 6 N–H and O–H groups in total. The van der Waals surface area contributed by atoms with Gasteiger partial charge in [-0.25, -0.2) is 9.98 Å². The quantitative estimate of drug-likeness (QED) is 0.181. The molecule has 3 aromatic carbocycles. The van der Waals surface area contributed by atoms with Crippen LogP contribution in [0, 0.1) is 0 Å². The average Bonchev–Trinajstić information content (AvgIpc) is 2.90. The van der Waals surface area contributed by atoms with Crippen molar-refractivity contribution in [1.82, 2.24) is 0 Å². The minimum absolute atomic E-state index is 0.0602. The Bertz CT molecular complexity index is 1780. The fourth-order valence-electron chi connectivity index (χ4n) is 3.95. The summed E-state index contributed by atoms with van der Waals surface area (Å²) in [6.45, 7) is 0.00364. The van der Waals surface area contributed by atoms with Crippen LogP contribution in [0.2, 0.25) is 10.0 Å². The summed E-state index contributed by atoms with van der Waals surface area (Å²) >= 11 is 13.2. The number of ether oxygens (including phenoxy) is 4. The van der Waals surface area contributed by atoms with E-state index >= 15 is 0 Å². The Morgan fingerprint density at radius 2 is 1.07 bits per heavy atom. The van der Waals surface area contributed by atoms with Crippen molar-refractivity contribution < 1.29 is 44.9 Å². The summed E-state index contributed by atoms with van der Waals surface area (Å²) in [7, 11) is -9.79. The van der Waals surface area contributed by atoms with E-state index in [4.69, 9.17) is 53.6 Å². The molecule has 0 bridgehead atoms. The summed E-state index contributed by atoms with van der Waals surface area (Å²) < 4.78 is 91.3. The molecule has 18 heteroatoms. The Labute approximate surface area is 236 Å². The number of halogens is 2. The van der Waals surface area contributed by atoms with Gasteiger partial charge in [-0.3, -0.25) is 9.11 Å². The van der Waals surface area contributed by atoms with Gasteiger partial charge in [0.05, 0.1) is 0 Å². The van der Waals surface area contributed by atoms with Crippen LogP contribution in [-0.4, -0.2) is 52.2 Å². The van der Waals surface area contributed by atoms with Gasteiger partial charge in [-0.2, -0.15) is 16.8 Å². The Balaban J connectivity index is 1.75. The molecule has 5 rings (SSSR count). The molecule has 0 unspecified atom stereocenters. The van der Waals surface area contributed by atoms with E-state index in [0.29, 0.717) is 0 Å². The van der Waals surface area contributed by atoms with Crippen LogP contribution in [0.5, 0.6) is 34.5 Å². The Morgan fingerprint density at radius 1 is 0.700 bits per heavy atom. The molecule has 0 aliphatic carbocycles. The van der Waals surface area contributed by atoms with Crippen LogP contribution in [-0.2, 0) is 20.2 Å². The van der Waals surface area contributed by atoms with Gasteiger partial charge in [0.15, 0.2) is 32.8 Å². The highest BCUT2D eigenvalue weighted by molar-refractivity contribution is 7.86. The number of fused-ring (bicyclic) bond motifs is 4. The lowest BCUT2D eigenvalue weighted by Crippen LogP contribution is -2.23. The molecule has 0 spiro atoms. The van der Waals surface area contributed by atoms with E-state index < -0.39 is 41.5 Å². The van der Waals surface area contributed by atoms with Crippen molar-refractivity contribution in [1.29, 1.82) is 0 Å². The molecule has 0 amide bonds. The first-order valence-electron chi connectivity index (χ1n) is 11.2. The lowest BCUT2D eigenvalue weighted by atomic mass is 10.2. The van der Waals surface area contributed by atoms with Gasteiger partial charge in [0, 0.05) is 13.1 Å². The summed E-state index contributed by atoms with van der Waals surface area (Å²) in [4.78, 5) is 7.25. The fourth-order valence-corrected chi connectivity index (χ4v) is 5.98.